The van der Waals surface area contributed by atoms with Gasteiger partial charge in [-0.3, -0.25) is 0 Å². The number of fused-ring (bicyclic) bond motifs is 2. The molecule has 6 nitrogen and oxygen atoms in total. The summed E-state index contributed by atoms with van der Waals surface area (Å²) in [6, 6.07) is 1.11. The van der Waals surface area contributed by atoms with Gasteiger partial charge in [0.2, 0.25) is 0 Å². The lowest BCUT2D eigenvalue weighted by Gasteiger charge is -2.24. The molecule has 0 unspecified atom stereocenters. The van der Waals surface area contributed by atoms with Crippen molar-refractivity contribution in [1.82, 2.24) is 14.5 Å². The van der Waals surface area contributed by atoms with Crippen LogP contribution in [0, 0.1) is 5.92 Å². The third kappa shape index (κ3) is 2.61. The van der Waals surface area contributed by atoms with E-state index >= 15 is 0 Å². The molecular weight excluding hydrogens is 339 g/mol. The van der Waals surface area contributed by atoms with E-state index in [-0.39, 0.29) is 41.8 Å². The summed E-state index contributed by atoms with van der Waals surface area (Å²) in [5.74, 6) is -0.936. The Morgan fingerprint density at radius 1 is 1.28 bits per heavy atom. The SMILES string of the molecule is CC1(C)O[C@@H]2[C@@H](CO)C[C@@H](n3ccc4c(C(F)(F)F)ncnc43)[C@@H]2O1. The minimum atomic E-state index is -4.55. The number of aromatic nitrogens is 3. The van der Waals surface area contributed by atoms with Crippen molar-refractivity contribution in [1.29, 1.82) is 0 Å². The molecule has 1 aliphatic heterocycles. The minimum absolute atomic E-state index is 0.0443. The molecular formula is C16H18F3N3O3. The van der Waals surface area contributed by atoms with Crippen LogP contribution in [0.15, 0.2) is 18.6 Å². The number of hydrogen-bond donors (Lipinski definition) is 1. The Morgan fingerprint density at radius 2 is 2.00 bits per heavy atom. The van der Waals surface area contributed by atoms with Crippen molar-refractivity contribution in [3.8, 4) is 0 Å². The monoisotopic (exact) mass is 357 g/mol. The summed E-state index contributed by atoms with van der Waals surface area (Å²) in [4.78, 5) is 7.45. The van der Waals surface area contributed by atoms with Crippen molar-refractivity contribution in [2.24, 2.45) is 5.92 Å². The molecule has 1 N–H and O–H groups in total. The highest BCUT2D eigenvalue weighted by Crippen LogP contribution is 2.47. The van der Waals surface area contributed by atoms with Gasteiger partial charge in [0.1, 0.15) is 18.1 Å². The van der Waals surface area contributed by atoms with Crippen LogP contribution >= 0.6 is 0 Å². The number of aliphatic hydroxyl groups excluding tert-OH is 1. The van der Waals surface area contributed by atoms with Crippen molar-refractivity contribution in [2.45, 2.75) is 50.5 Å². The van der Waals surface area contributed by atoms with Crippen LogP contribution in [0.2, 0.25) is 0 Å². The second-order valence-corrected chi connectivity index (χ2v) is 6.99. The maximum atomic E-state index is 13.2. The molecule has 1 saturated heterocycles. The number of alkyl halides is 3. The molecule has 2 aromatic heterocycles. The molecule has 1 saturated carbocycles. The molecule has 9 heteroatoms. The van der Waals surface area contributed by atoms with Gasteiger partial charge in [-0.25, -0.2) is 9.97 Å². The molecule has 3 heterocycles. The number of nitrogens with zero attached hydrogens (tertiary/aromatic N) is 3. The van der Waals surface area contributed by atoms with E-state index in [1.807, 2.05) is 0 Å². The highest BCUT2D eigenvalue weighted by molar-refractivity contribution is 5.79. The highest BCUT2D eigenvalue weighted by Gasteiger charge is 2.54. The van der Waals surface area contributed by atoms with E-state index in [2.05, 4.69) is 9.97 Å². The summed E-state index contributed by atoms with van der Waals surface area (Å²) < 4.78 is 53.0. The van der Waals surface area contributed by atoms with E-state index in [4.69, 9.17) is 9.47 Å². The van der Waals surface area contributed by atoms with Crippen molar-refractivity contribution in [3.63, 3.8) is 0 Å². The lowest BCUT2D eigenvalue weighted by atomic mass is 10.1. The maximum Gasteiger partial charge on any atom is 0.434 e. The van der Waals surface area contributed by atoms with E-state index in [1.54, 1.807) is 24.6 Å². The molecule has 4 atom stereocenters. The summed E-state index contributed by atoms with van der Waals surface area (Å²) in [7, 11) is 0. The fourth-order valence-electron chi connectivity index (χ4n) is 3.97. The van der Waals surface area contributed by atoms with Gasteiger partial charge in [-0.1, -0.05) is 0 Å². The molecule has 0 aromatic carbocycles. The van der Waals surface area contributed by atoms with Gasteiger partial charge in [0, 0.05) is 24.1 Å². The average molecular weight is 357 g/mol. The molecule has 2 fully saturated rings. The van der Waals surface area contributed by atoms with Gasteiger partial charge >= 0.3 is 6.18 Å². The smallest absolute Gasteiger partial charge is 0.396 e. The van der Waals surface area contributed by atoms with Crippen molar-refractivity contribution in [2.75, 3.05) is 6.61 Å². The first kappa shape index (κ1) is 16.7. The van der Waals surface area contributed by atoms with Crippen LogP contribution in [0.4, 0.5) is 13.2 Å². The third-order valence-electron chi connectivity index (χ3n) is 4.92. The first-order valence-electron chi connectivity index (χ1n) is 8.06. The number of halogens is 3. The Hall–Kier alpha value is -1.71. The summed E-state index contributed by atoms with van der Waals surface area (Å²) in [6.45, 7) is 3.50. The van der Waals surface area contributed by atoms with Crippen LogP contribution in [0.1, 0.15) is 32.0 Å². The summed E-state index contributed by atoms with van der Waals surface area (Å²) >= 11 is 0. The van der Waals surface area contributed by atoms with Crippen LogP contribution in [0.3, 0.4) is 0 Å². The second kappa shape index (κ2) is 5.39. The standard InChI is InChI=1S/C16H18F3N3O3/c1-15(2)24-11-8(6-23)5-10(12(11)25-15)22-4-3-9-13(16(17,18)19)20-7-21-14(9)22/h3-4,7-8,10-12,23H,5-6H2,1-2H3/t8-,10-,11-,12+/m1/s1. The van der Waals surface area contributed by atoms with Crippen LogP contribution in [0.5, 0.6) is 0 Å². The van der Waals surface area contributed by atoms with Crippen molar-refractivity contribution < 1.29 is 27.8 Å². The summed E-state index contributed by atoms with van der Waals surface area (Å²) in [5.41, 5.74) is -0.744. The molecule has 136 valence electrons. The maximum absolute atomic E-state index is 13.2. The first-order chi connectivity index (χ1) is 11.7. The van der Waals surface area contributed by atoms with Crippen LogP contribution in [-0.2, 0) is 15.7 Å². The molecule has 0 spiro atoms. The fraction of sp³-hybridized carbons (Fsp3) is 0.625. The Morgan fingerprint density at radius 3 is 2.68 bits per heavy atom. The summed E-state index contributed by atoms with van der Waals surface area (Å²) in [5, 5.41) is 9.60. The third-order valence-corrected chi connectivity index (χ3v) is 4.92. The second-order valence-electron chi connectivity index (χ2n) is 6.99. The van der Waals surface area contributed by atoms with Gasteiger partial charge in [-0.2, -0.15) is 13.2 Å². The molecule has 4 rings (SSSR count). The zero-order valence-electron chi connectivity index (χ0n) is 13.7. The van der Waals surface area contributed by atoms with E-state index in [9.17, 15) is 18.3 Å². The minimum Gasteiger partial charge on any atom is -0.396 e. The quantitative estimate of drug-likeness (QED) is 0.894. The molecule has 2 aliphatic rings. The molecule has 0 amide bonds. The van der Waals surface area contributed by atoms with Gasteiger partial charge in [-0.05, 0) is 26.3 Å². The molecule has 1 aliphatic carbocycles. The van der Waals surface area contributed by atoms with E-state index < -0.39 is 17.7 Å². The lowest BCUT2D eigenvalue weighted by Crippen LogP contribution is -2.27. The molecule has 2 aromatic rings. The number of rotatable bonds is 2. The van der Waals surface area contributed by atoms with Gasteiger partial charge in [0.05, 0.1) is 12.1 Å². The van der Waals surface area contributed by atoms with E-state index in [0.717, 1.165) is 6.33 Å². The highest BCUT2D eigenvalue weighted by atomic mass is 19.4. The molecule has 0 bridgehead atoms. The fourth-order valence-corrected chi connectivity index (χ4v) is 3.97. The lowest BCUT2D eigenvalue weighted by molar-refractivity contribution is -0.161. The predicted octanol–water partition coefficient (Wildman–Crippen LogP) is 2.52. The number of ether oxygens (including phenoxy) is 2. The Labute approximate surface area is 141 Å². The number of hydrogen-bond acceptors (Lipinski definition) is 5. The van der Waals surface area contributed by atoms with E-state index in [1.165, 1.54) is 6.07 Å². The zero-order valence-corrected chi connectivity index (χ0v) is 13.7. The predicted molar refractivity (Wildman–Crippen MR) is 80.6 cm³/mol. The Bertz CT molecular complexity index is 805. The van der Waals surface area contributed by atoms with Gasteiger partial charge in [0.25, 0.3) is 0 Å². The Balaban J connectivity index is 1.78. The van der Waals surface area contributed by atoms with Crippen LogP contribution < -0.4 is 0 Å². The zero-order chi connectivity index (χ0) is 18.0. The summed E-state index contributed by atoms with van der Waals surface area (Å²) in [6.07, 6.45) is -2.16. The Kier molecular flexibility index (Phi) is 3.61. The van der Waals surface area contributed by atoms with Gasteiger partial charge in [0.15, 0.2) is 11.5 Å². The van der Waals surface area contributed by atoms with E-state index in [0.29, 0.717) is 6.42 Å². The van der Waals surface area contributed by atoms with Crippen LogP contribution in [-0.4, -0.2) is 44.2 Å². The topological polar surface area (TPSA) is 69.4 Å². The molecule has 25 heavy (non-hydrogen) atoms. The van der Waals surface area contributed by atoms with Crippen molar-refractivity contribution >= 4 is 11.0 Å². The average Bonchev–Trinajstić information content (AvgIpc) is 3.16. The van der Waals surface area contributed by atoms with Crippen LogP contribution in [0.25, 0.3) is 11.0 Å². The first-order valence-corrected chi connectivity index (χ1v) is 8.06. The number of aliphatic hydroxyl groups is 1. The van der Waals surface area contributed by atoms with Gasteiger partial charge < -0.3 is 19.1 Å². The largest absolute Gasteiger partial charge is 0.434 e. The normalized spacial score (nSPS) is 31.6. The molecule has 0 radical (unpaired) electrons. The van der Waals surface area contributed by atoms with Crippen molar-refractivity contribution in [3.05, 3.63) is 24.3 Å². The van der Waals surface area contributed by atoms with Gasteiger partial charge in [-0.15, -0.1) is 0 Å².